The minimum Gasteiger partial charge on any atom is -0.504 e. The molecular formula is C23H28N4O6. The van der Waals surface area contributed by atoms with E-state index in [2.05, 4.69) is 15.6 Å². The Labute approximate surface area is 190 Å². The molecule has 33 heavy (non-hydrogen) atoms. The Kier molecular flexibility index (Phi) is 7.98. The van der Waals surface area contributed by atoms with Gasteiger partial charge in [-0.2, -0.15) is 0 Å². The van der Waals surface area contributed by atoms with Crippen molar-refractivity contribution < 1.29 is 24.1 Å². The van der Waals surface area contributed by atoms with E-state index in [-0.39, 0.29) is 11.3 Å². The molecule has 10 heteroatoms. The first-order valence-corrected chi connectivity index (χ1v) is 10.4. The van der Waals surface area contributed by atoms with Crippen molar-refractivity contribution in [2.75, 3.05) is 39.2 Å². The Balaban J connectivity index is 1.50. The predicted octanol–water partition coefficient (Wildman–Crippen LogP) is 2.34. The number of phenols is 1. The fraction of sp³-hybridized carbons (Fsp3) is 0.304. The van der Waals surface area contributed by atoms with Crippen LogP contribution < -0.4 is 36.1 Å². The van der Waals surface area contributed by atoms with Crippen LogP contribution in [0.15, 0.2) is 41.2 Å². The minimum absolute atomic E-state index is 0.0844. The second kappa shape index (κ2) is 11.1. The molecule has 0 spiro atoms. The normalized spacial score (nSPS) is 10.7. The first-order valence-electron chi connectivity index (χ1n) is 10.4. The van der Waals surface area contributed by atoms with E-state index >= 15 is 0 Å². The van der Waals surface area contributed by atoms with Gasteiger partial charge in [-0.1, -0.05) is 6.07 Å². The molecule has 3 rings (SSSR count). The molecule has 0 radical (unpaired) electrons. The summed E-state index contributed by atoms with van der Waals surface area (Å²) in [6, 6.07) is 9.25. The van der Waals surface area contributed by atoms with Gasteiger partial charge in [0.05, 0.1) is 32.0 Å². The highest BCUT2D eigenvalue weighted by Crippen LogP contribution is 2.38. The molecule has 6 N–H and O–H groups in total. The number of phenolic OH excluding ortho intramolecular Hbond substituents is 1. The molecule has 0 unspecified atom stereocenters. The van der Waals surface area contributed by atoms with Crippen LogP contribution in [0.25, 0.3) is 10.9 Å². The number of amides is 2. The molecule has 0 aliphatic rings. The molecule has 0 aliphatic heterocycles. The largest absolute Gasteiger partial charge is 0.504 e. The van der Waals surface area contributed by atoms with E-state index in [0.29, 0.717) is 60.0 Å². The number of nitrogens with two attached hydrogens (primary N) is 1. The van der Waals surface area contributed by atoms with Gasteiger partial charge in [0.25, 0.3) is 0 Å². The lowest BCUT2D eigenvalue weighted by Crippen LogP contribution is -2.21. The molecule has 0 aliphatic carbocycles. The van der Waals surface area contributed by atoms with Crippen molar-refractivity contribution in [3.8, 4) is 23.0 Å². The van der Waals surface area contributed by atoms with E-state index in [9.17, 15) is 14.7 Å². The minimum atomic E-state index is -0.720. The first kappa shape index (κ1) is 23.7. The Morgan fingerprint density at radius 2 is 1.85 bits per heavy atom. The Hall–Kier alpha value is -3.92. The molecule has 0 saturated heterocycles. The van der Waals surface area contributed by atoms with Crippen LogP contribution in [0, 0.1) is 0 Å². The van der Waals surface area contributed by atoms with Gasteiger partial charge in [-0.05, 0) is 55.8 Å². The van der Waals surface area contributed by atoms with Crippen LogP contribution in [0.4, 0.5) is 10.5 Å². The Bertz CT molecular complexity index is 1180. The Morgan fingerprint density at radius 1 is 1.06 bits per heavy atom. The van der Waals surface area contributed by atoms with Gasteiger partial charge in [0.1, 0.15) is 5.75 Å². The van der Waals surface area contributed by atoms with Crippen LogP contribution in [0.5, 0.6) is 23.0 Å². The highest BCUT2D eigenvalue weighted by molar-refractivity contribution is 6.01. The van der Waals surface area contributed by atoms with E-state index in [0.717, 1.165) is 12.0 Å². The molecule has 0 fully saturated rings. The second-order valence-electron chi connectivity index (χ2n) is 7.22. The number of urea groups is 1. The summed E-state index contributed by atoms with van der Waals surface area (Å²) in [7, 11) is 3.01. The third-order valence-corrected chi connectivity index (χ3v) is 5.04. The number of H-pyrrole nitrogens is 1. The summed E-state index contributed by atoms with van der Waals surface area (Å²) < 4.78 is 16.3. The maximum Gasteiger partial charge on any atom is 0.316 e. The third kappa shape index (κ3) is 5.86. The molecule has 10 nitrogen and oxygen atoms in total. The molecule has 2 aromatic carbocycles. The quantitative estimate of drug-likeness (QED) is 0.278. The van der Waals surface area contributed by atoms with Gasteiger partial charge in [0, 0.05) is 11.5 Å². The molecule has 176 valence electrons. The number of nitrogens with one attached hydrogen (secondary N) is 3. The smallest absolute Gasteiger partial charge is 0.316 e. The molecule has 0 saturated carbocycles. The molecular weight excluding hydrogens is 428 g/mol. The van der Waals surface area contributed by atoms with Crippen molar-refractivity contribution in [3.63, 3.8) is 0 Å². The topological polar surface area (TPSA) is 148 Å². The summed E-state index contributed by atoms with van der Waals surface area (Å²) >= 11 is 0. The highest BCUT2D eigenvalue weighted by Gasteiger charge is 2.13. The average Bonchev–Trinajstić information content (AvgIpc) is 2.79. The van der Waals surface area contributed by atoms with Crippen LogP contribution in [0.2, 0.25) is 0 Å². The van der Waals surface area contributed by atoms with Crippen molar-refractivity contribution in [3.05, 3.63) is 52.3 Å². The number of pyridine rings is 1. The summed E-state index contributed by atoms with van der Waals surface area (Å²) in [6.45, 7) is 1.83. The monoisotopic (exact) mass is 456 g/mol. The van der Waals surface area contributed by atoms with Crippen LogP contribution in [-0.4, -0.2) is 50.0 Å². The number of ether oxygens (including phenoxy) is 3. The molecule has 2 amide bonds. The zero-order valence-corrected chi connectivity index (χ0v) is 18.6. The SMILES string of the molecule is COc1ccc(CCNCCCOc2ccc(NC(N)=O)c3[nH]c(=O)ccc23)c(O)c1OC. The summed E-state index contributed by atoms with van der Waals surface area (Å²) in [5.41, 5.74) is 6.52. The number of carbonyl (C=O) groups is 1. The number of rotatable bonds is 11. The number of methoxy groups -OCH3 is 2. The van der Waals surface area contributed by atoms with Crippen molar-refractivity contribution in [2.45, 2.75) is 12.8 Å². The number of primary amides is 1. The number of benzene rings is 2. The number of aromatic hydroxyl groups is 1. The van der Waals surface area contributed by atoms with Gasteiger partial charge >= 0.3 is 6.03 Å². The number of anilines is 1. The van der Waals surface area contributed by atoms with Gasteiger partial charge in [-0.3, -0.25) is 4.79 Å². The third-order valence-electron chi connectivity index (χ3n) is 5.04. The van der Waals surface area contributed by atoms with Gasteiger partial charge in [-0.15, -0.1) is 0 Å². The van der Waals surface area contributed by atoms with E-state index in [4.69, 9.17) is 19.9 Å². The van der Waals surface area contributed by atoms with E-state index in [1.165, 1.54) is 20.3 Å². The maximum absolute atomic E-state index is 11.7. The molecule has 1 heterocycles. The van der Waals surface area contributed by atoms with Crippen molar-refractivity contribution >= 4 is 22.6 Å². The summed E-state index contributed by atoms with van der Waals surface area (Å²) in [5, 5.41) is 16.8. The molecule has 1 aromatic heterocycles. The zero-order chi connectivity index (χ0) is 23.8. The summed E-state index contributed by atoms with van der Waals surface area (Å²) in [6.07, 6.45) is 1.36. The number of hydrogen-bond acceptors (Lipinski definition) is 7. The van der Waals surface area contributed by atoms with Gasteiger partial charge < -0.3 is 40.7 Å². The van der Waals surface area contributed by atoms with Crippen LogP contribution in [-0.2, 0) is 6.42 Å². The van der Waals surface area contributed by atoms with Gasteiger partial charge in [0.2, 0.25) is 11.3 Å². The van der Waals surface area contributed by atoms with Gasteiger partial charge in [-0.25, -0.2) is 4.79 Å². The van der Waals surface area contributed by atoms with Crippen molar-refractivity contribution in [1.82, 2.24) is 10.3 Å². The predicted molar refractivity (Wildman–Crippen MR) is 126 cm³/mol. The van der Waals surface area contributed by atoms with Crippen molar-refractivity contribution in [1.29, 1.82) is 0 Å². The van der Waals surface area contributed by atoms with E-state index in [1.807, 2.05) is 6.07 Å². The number of hydrogen-bond donors (Lipinski definition) is 5. The number of aromatic amines is 1. The fourth-order valence-corrected chi connectivity index (χ4v) is 3.47. The average molecular weight is 456 g/mol. The van der Waals surface area contributed by atoms with Crippen LogP contribution in [0.3, 0.4) is 0 Å². The maximum atomic E-state index is 11.7. The fourth-order valence-electron chi connectivity index (χ4n) is 3.47. The highest BCUT2D eigenvalue weighted by atomic mass is 16.5. The van der Waals surface area contributed by atoms with E-state index in [1.54, 1.807) is 24.3 Å². The molecule has 0 bridgehead atoms. The lowest BCUT2D eigenvalue weighted by Gasteiger charge is -2.13. The lowest BCUT2D eigenvalue weighted by atomic mass is 10.1. The van der Waals surface area contributed by atoms with Gasteiger partial charge in [0.15, 0.2) is 11.5 Å². The lowest BCUT2D eigenvalue weighted by molar-refractivity contribution is 0.259. The summed E-state index contributed by atoms with van der Waals surface area (Å²) in [5.74, 6) is 1.49. The van der Waals surface area contributed by atoms with Crippen molar-refractivity contribution in [2.24, 2.45) is 5.73 Å². The molecule has 0 atom stereocenters. The Morgan fingerprint density at radius 3 is 2.58 bits per heavy atom. The van der Waals surface area contributed by atoms with Crippen LogP contribution in [0.1, 0.15) is 12.0 Å². The number of carbonyl (C=O) groups excluding carboxylic acids is 1. The number of aromatic nitrogens is 1. The number of fused-ring (bicyclic) bond motifs is 1. The first-order chi connectivity index (χ1) is 15.9. The molecule has 3 aromatic rings. The zero-order valence-electron chi connectivity index (χ0n) is 18.6. The summed E-state index contributed by atoms with van der Waals surface area (Å²) in [4.78, 5) is 25.6. The van der Waals surface area contributed by atoms with Crippen LogP contribution >= 0.6 is 0 Å². The standard InChI is InChI=1S/C23H28N4O6/c1-31-18-7-4-14(21(29)22(18)32-2)10-12-25-11-3-13-33-17-8-6-16(26-23(24)30)20-15(17)5-9-19(28)27-20/h4-9,25,29H,3,10-13H2,1-2H3,(H,27,28)(H3,24,26,30). The second-order valence-corrected chi connectivity index (χ2v) is 7.22. The van der Waals surface area contributed by atoms with E-state index < -0.39 is 6.03 Å².